The lowest BCUT2D eigenvalue weighted by Gasteiger charge is -2.38. The predicted octanol–water partition coefficient (Wildman–Crippen LogP) is 2.10. The van der Waals surface area contributed by atoms with Crippen molar-refractivity contribution in [2.24, 2.45) is 7.05 Å². The molecule has 1 aromatic rings. The van der Waals surface area contributed by atoms with Gasteiger partial charge in [0.15, 0.2) is 0 Å². The molecule has 4 nitrogen and oxygen atoms in total. The molecular weight excluding hydrogens is 240 g/mol. The fourth-order valence-electron chi connectivity index (χ4n) is 1.63. The summed E-state index contributed by atoms with van der Waals surface area (Å²) < 4.78 is 7.04. The van der Waals surface area contributed by atoms with Crippen molar-refractivity contribution in [3.8, 4) is 0 Å². The number of aromatic nitrogens is 2. The van der Waals surface area contributed by atoms with Gasteiger partial charge < -0.3 is 9.84 Å². The van der Waals surface area contributed by atoms with Crippen LogP contribution in [-0.2, 0) is 18.2 Å². The lowest BCUT2D eigenvalue weighted by molar-refractivity contribution is -0.140. The van der Waals surface area contributed by atoms with Gasteiger partial charge in [0.2, 0.25) is 0 Å². The van der Waals surface area contributed by atoms with Crippen LogP contribution in [0.3, 0.4) is 0 Å². The first-order valence-corrected chi connectivity index (χ1v) is 5.95. The molecule has 0 aromatic carbocycles. The van der Waals surface area contributed by atoms with E-state index in [1.165, 1.54) is 0 Å². The molecule has 1 unspecified atom stereocenters. The number of aliphatic hydroxyl groups is 1. The number of methoxy groups -OCH3 is 1. The number of hydrogen-bond acceptors (Lipinski definition) is 3. The van der Waals surface area contributed by atoms with E-state index in [9.17, 15) is 5.11 Å². The molecule has 0 fully saturated rings. The molecule has 0 saturated heterocycles. The molecule has 0 saturated carbocycles. The molecule has 0 aliphatic rings. The molecule has 98 valence electrons. The SMILES string of the molecule is COC(C)(C)C(C)(O)Cc1c(Cl)c(C)nn1C. The van der Waals surface area contributed by atoms with Crippen LogP contribution in [0.5, 0.6) is 0 Å². The van der Waals surface area contributed by atoms with Gasteiger partial charge in [-0.1, -0.05) is 11.6 Å². The summed E-state index contributed by atoms with van der Waals surface area (Å²) in [5.74, 6) is 0. The highest BCUT2D eigenvalue weighted by Gasteiger charge is 2.41. The van der Waals surface area contributed by atoms with Gasteiger partial charge in [-0.15, -0.1) is 0 Å². The number of rotatable bonds is 4. The highest BCUT2D eigenvalue weighted by atomic mass is 35.5. The normalized spacial score (nSPS) is 16.0. The second kappa shape index (κ2) is 4.59. The van der Waals surface area contributed by atoms with E-state index in [0.717, 1.165) is 11.4 Å². The zero-order chi connectivity index (χ0) is 13.4. The summed E-state index contributed by atoms with van der Waals surface area (Å²) in [4.78, 5) is 0. The maximum atomic E-state index is 10.5. The number of nitrogens with zero attached hydrogens (tertiary/aromatic N) is 2. The Morgan fingerprint density at radius 2 is 1.94 bits per heavy atom. The predicted molar refractivity (Wildman–Crippen MR) is 68.4 cm³/mol. The van der Waals surface area contributed by atoms with Gasteiger partial charge in [-0.3, -0.25) is 4.68 Å². The summed E-state index contributed by atoms with van der Waals surface area (Å²) in [5.41, 5.74) is -0.0883. The lowest BCUT2D eigenvalue weighted by Crippen LogP contribution is -2.50. The minimum atomic E-state index is -1.02. The number of halogens is 1. The van der Waals surface area contributed by atoms with Crippen molar-refractivity contribution >= 4 is 11.6 Å². The van der Waals surface area contributed by atoms with Crippen LogP contribution in [0.1, 0.15) is 32.2 Å². The first-order valence-electron chi connectivity index (χ1n) is 5.58. The molecule has 0 radical (unpaired) electrons. The number of aryl methyl sites for hydroxylation is 2. The Bertz CT molecular complexity index is 411. The average molecular weight is 261 g/mol. The number of ether oxygens (including phenoxy) is 1. The molecule has 1 heterocycles. The summed E-state index contributed by atoms with van der Waals surface area (Å²) in [6, 6.07) is 0. The first kappa shape index (κ1) is 14.5. The largest absolute Gasteiger partial charge is 0.387 e. The molecular formula is C12H21ClN2O2. The summed E-state index contributed by atoms with van der Waals surface area (Å²) in [7, 11) is 3.41. The molecule has 0 aliphatic carbocycles. The van der Waals surface area contributed by atoms with Gasteiger partial charge in [-0.05, 0) is 27.7 Å². The van der Waals surface area contributed by atoms with E-state index in [4.69, 9.17) is 16.3 Å². The summed E-state index contributed by atoms with van der Waals surface area (Å²) in [5, 5.41) is 15.4. The molecule has 1 rings (SSSR count). The highest BCUT2D eigenvalue weighted by Crippen LogP contribution is 2.31. The third kappa shape index (κ3) is 2.64. The maximum absolute atomic E-state index is 10.5. The quantitative estimate of drug-likeness (QED) is 0.902. The zero-order valence-electron chi connectivity index (χ0n) is 11.3. The molecule has 0 bridgehead atoms. The second-order valence-corrected chi connectivity index (χ2v) is 5.51. The minimum absolute atomic E-state index is 0.393. The Balaban J connectivity index is 3.06. The van der Waals surface area contributed by atoms with Gasteiger partial charge in [-0.25, -0.2) is 0 Å². The smallest absolute Gasteiger partial charge is 0.0958 e. The third-order valence-electron chi connectivity index (χ3n) is 3.58. The van der Waals surface area contributed by atoms with E-state index in [-0.39, 0.29) is 0 Å². The van der Waals surface area contributed by atoms with Gasteiger partial charge >= 0.3 is 0 Å². The van der Waals surface area contributed by atoms with Gasteiger partial charge in [0, 0.05) is 20.6 Å². The Hall–Kier alpha value is -0.580. The van der Waals surface area contributed by atoms with E-state index in [1.54, 1.807) is 18.7 Å². The van der Waals surface area contributed by atoms with Crippen LogP contribution in [0.15, 0.2) is 0 Å². The van der Waals surface area contributed by atoms with E-state index in [2.05, 4.69) is 5.10 Å². The topological polar surface area (TPSA) is 47.3 Å². The van der Waals surface area contributed by atoms with Gasteiger partial charge in [0.1, 0.15) is 0 Å². The van der Waals surface area contributed by atoms with Crippen molar-refractivity contribution in [3.63, 3.8) is 0 Å². The highest BCUT2D eigenvalue weighted by molar-refractivity contribution is 6.31. The summed E-state index contributed by atoms with van der Waals surface area (Å²) in [6.45, 7) is 7.30. The van der Waals surface area contributed by atoms with Crippen LogP contribution in [0.2, 0.25) is 5.02 Å². The van der Waals surface area contributed by atoms with Crippen molar-refractivity contribution in [2.75, 3.05) is 7.11 Å². The Morgan fingerprint density at radius 3 is 2.29 bits per heavy atom. The Morgan fingerprint density at radius 1 is 1.41 bits per heavy atom. The van der Waals surface area contributed by atoms with Crippen molar-refractivity contribution < 1.29 is 9.84 Å². The fraction of sp³-hybridized carbons (Fsp3) is 0.750. The molecule has 1 N–H and O–H groups in total. The van der Waals surface area contributed by atoms with Crippen LogP contribution in [-0.4, -0.2) is 33.2 Å². The molecule has 1 aromatic heterocycles. The monoisotopic (exact) mass is 260 g/mol. The van der Waals surface area contributed by atoms with E-state index >= 15 is 0 Å². The fourth-order valence-corrected chi connectivity index (χ4v) is 1.86. The van der Waals surface area contributed by atoms with Crippen molar-refractivity contribution in [3.05, 3.63) is 16.4 Å². The Kier molecular flexibility index (Phi) is 3.91. The van der Waals surface area contributed by atoms with Crippen molar-refractivity contribution in [1.29, 1.82) is 0 Å². The van der Waals surface area contributed by atoms with Gasteiger partial charge in [-0.2, -0.15) is 5.10 Å². The zero-order valence-corrected chi connectivity index (χ0v) is 12.1. The van der Waals surface area contributed by atoms with Crippen LogP contribution in [0.4, 0.5) is 0 Å². The van der Waals surface area contributed by atoms with Crippen LogP contribution in [0, 0.1) is 6.92 Å². The van der Waals surface area contributed by atoms with E-state index < -0.39 is 11.2 Å². The van der Waals surface area contributed by atoms with Gasteiger partial charge in [0.25, 0.3) is 0 Å². The molecule has 0 spiro atoms. The van der Waals surface area contributed by atoms with Crippen LogP contribution in [0.25, 0.3) is 0 Å². The molecule has 0 aliphatic heterocycles. The Labute approximate surface area is 108 Å². The second-order valence-electron chi connectivity index (χ2n) is 5.13. The summed E-state index contributed by atoms with van der Waals surface area (Å²) >= 11 is 6.18. The minimum Gasteiger partial charge on any atom is -0.387 e. The van der Waals surface area contributed by atoms with Crippen LogP contribution >= 0.6 is 11.6 Å². The standard InChI is InChI=1S/C12H21ClN2O2/c1-8-10(13)9(15(5)14-8)7-12(4,16)11(2,3)17-6/h16H,7H2,1-6H3. The van der Waals surface area contributed by atoms with Crippen molar-refractivity contribution in [1.82, 2.24) is 9.78 Å². The van der Waals surface area contributed by atoms with Crippen LogP contribution < -0.4 is 0 Å². The first-order chi connectivity index (χ1) is 7.62. The molecule has 5 heteroatoms. The van der Waals surface area contributed by atoms with Crippen molar-refractivity contribution in [2.45, 2.75) is 45.3 Å². The average Bonchev–Trinajstić information content (AvgIpc) is 2.44. The van der Waals surface area contributed by atoms with Gasteiger partial charge in [0.05, 0.1) is 27.6 Å². The summed E-state index contributed by atoms with van der Waals surface area (Å²) in [6.07, 6.45) is 0.393. The third-order valence-corrected chi connectivity index (χ3v) is 4.07. The molecule has 0 amide bonds. The molecule has 17 heavy (non-hydrogen) atoms. The van der Waals surface area contributed by atoms with E-state index in [1.807, 2.05) is 27.8 Å². The number of hydrogen-bond donors (Lipinski definition) is 1. The van der Waals surface area contributed by atoms with E-state index in [0.29, 0.717) is 11.4 Å². The lowest BCUT2D eigenvalue weighted by atomic mass is 9.83. The molecule has 1 atom stereocenters. The maximum Gasteiger partial charge on any atom is 0.0958 e.